The lowest BCUT2D eigenvalue weighted by molar-refractivity contribution is 0.660. The number of benzene rings is 2. The minimum atomic E-state index is -0.293. The first-order valence-corrected chi connectivity index (χ1v) is 11.1. The average molecular weight is 433 g/mol. The molecule has 0 aliphatic carbocycles. The van der Waals surface area contributed by atoms with Gasteiger partial charge >= 0.3 is 0 Å². The van der Waals surface area contributed by atoms with Crippen LogP contribution < -0.4 is 5.56 Å². The standard InChI is InChI=1S/C22H20N6O2S/c1-2-3-6-14-9-11-15(12-10-14)28-22(25-26-27-28)31-13-18-23-19-16-7-4-5-8-17(16)30-20(19)21(29)24-18/h4-5,7-12H,2-3,6,13H2,1H3,(H,23,24,29). The SMILES string of the molecule is CCCCc1ccc(-n2nnnc2SCc2nc3c(oc4ccccc43)c(=O)[nH]2)cc1. The molecule has 0 spiro atoms. The van der Waals surface area contributed by atoms with Crippen LogP contribution in [0.25, 0.3) is 27.8 Å². The van der Waals surface area contributed by atoms with Gasteiger partial charge in [0.2, 0.25) is 10.7 Å². The van der Waals surface area contributed by atoms with Gasteiger partial charge in [0, 0.05) is 5.39 Å². The van der Waals surface area contributed by atoms with E-state index in [0.29, 0.717) is 27.8 Å². The van der Waals surface area contributed by atoms with E-state index in [4.69, 9.17) is 4.42 Å². The van der Waals surface area contributed by atoms with Crippen molar-refractivity contribution in [1.29, 1.82) is 0 Å². The number of aromatic nitrogens is 6. The van der Waals surface area contributed by atoms with Crippen molar-refractivity contribution in [2.75, 3.05) is 0 Å². The largest absolute Gasteiger partial charge is 0.449 e. The number of para-hydroxylation sites is 1. The number of aromatic amines is 1. The van der Waals surface area contributed by atoms with Crippen molar-refractivity contribution in [3.05, 3.63) is 70.3 Å². The second-order valence-corrected chi connectivity index (χ2v) is 8.16. The Hall–Kier alpha value is -3.46. The molecule has 156 valence electrons. The van der Waals surface area contributed by atoms with Gasteiger partial charge in [-0.3, -0.25) is 4.79 Å². The van der Waals surface area contributed by atoms with E-state index >= 15 is 0 Å². The Kier molecular flexibility index (Phi) is 5.25. The first-order chi connectivity index (χ1) is 15.2. The summed E-state index contributed by atoms with van der Waals surface area (Å²) in [5, 5.41) is 13.5. The van der Waals surface area contributed by atoms with Crippen LogP contribution in [0.3, 0.4) is 0 Å². The van der Waals surface area contributed by atoms with Gasteiger partial charge in [0.15, 0.2) is 0 Å². The number of fused-ring (bicyclic) bond motifs is 3. The number of thioether (sulfide) groups is 1. The lowest BCUT2D eigenvalue weighted by atomic mass is 10.1. The Bertz CT molecular complexity index is 1400. The van der Waals surface area contributed by atoms with Crippen LogP contribution in [0, 0.1) is 0 Å². The smallest absolute Gasteiger partial charge is 0.294 e. The van der Waals surface area contributed by atoms with Crippen LogP contribution in [0.2, 0.25) is 0 Å². The molecular formula is C22H20N6O2S. The number of tetrazole rings is 1. The molecule has 0 atom stereocenters. The maximum atomic E-state index is 12.5. The fourth-order valence-electron chi connectivity index (χ4n) is 3.46. The minimum absolute atomic E-state index is 0.239. The zero-order valence-corrected chi connectivity index (χ0v) is 17.7. The van der Waals surface area contributed by atoms with E-state index in [2.05, 4.69) is 44.5 Å². The molecule has 0 saturated heterocycles. The summed E-state index contributed by atoms with van der Waals surface area (Å²) in [4.78, 5) is 19.9. The third kappa shape index (κ3) is 3.84. The van der Waals surface area contributed by atoms with Gasteiger partial charge in [-0.15, -0.1) is 5.10 Å². The van der Waals surface area contributed by atoms with Crippen LogP contribution >= 0.6 is 11.8 Å². The van der Waals surface area contributed by atoms with Crippen molar-refractivity contribution in [3.8, 4) is 5.69 Å². The van der Waals surface area contributed by atoms with Gasteiger partial charge in [-0.2, -0.15) is 4.68 Å². The van der Waals surface area contributed by atoms with Crippen LogP contribution in [0.1, 0.15) is 31.2 Å². The average Bonchev–Trinajstić information content (AvgIpc) is 3.42. The highest BCUT2D eigenvalue weighted by atomic mass is 32.2. The van der Waals surface area contributed by atoms with E-state index in [9.17, 15) is 4.79 Å². The monoisotopic (exact) mass is 432 g/mol. The number of nitrogens with zero attached hydrogens (tertiary/aromatic N) is 5. The summed E-state index contributed by atoms with van der Waals surface area (Å²) in [5.41, 5.74) is 3.35. The molecule has 5 rings (SSSR count). The first-order valence-electron chi connectivity index (χ1n) is 10.1. The van der Waals surface area contributed by atoms with E-state index in [1.54, 1.807) is 4.68 Å². The van der Waals surface area contributed by atoms with E-state index in [-0.39, 0.29) is 11.1 Å². The van der Waals surface area contributed by atoms with Crippen molar-refractivity contribution in [2.24, 2.45) is 0 Å². The molecule has 9 heteroatoms. The highest BCUT2D eigenvalue weighted by molar-refractivity contribution is 7.98. The summed E-state index contributed by atoms with van der Waals surface area (Å²) in [6, 6.07) is 15.8. The maximum absolute atomic E-state index is 12.5. The normalized spacial score (nSPS) is 11.5. The summed E-state index contributed by atoms with van der Waals surface area (Å²) in [6.07, 6.45) is 3.41. The second-order valence-electron chi connectivity index (χ2n) is 7.22. The van der Waals surface area contributed by atoms with Crippen LogP contribution in [0.15, 0.2) is 62.9 Å². The number of H-pyrrole nitrogens is 1. The maximum Gasteiger partial charge on any atom is 0.294 e. The van der Waals surface area contributed by atoms with Gasteiger partial charge < -0.3 is 9.40 Å². The number of aryl methyl sites for hydroxylation is 1. The molecule has 0 fully saturated rings. The lowest BCUT2D eigenvalue weighted by Gasteiger charge is -2.06. The van der Waals surface area contributed by atoms with Crippen LogP contribution in [0.5, 0.6) is 0 Å². The van der Waals surface area contributed by atoms with Crippen molar-refractivity contribution >= 4 is 33.8 Å². The van der Waals surface area contributed by atoms with Crippen molar-refractivity contribution in [1.82, 2.24) is 30.2 Å². The summed E-state index contributed by atoms with van der Waals surface area (Å²) < 4.78 is 7.34. The van der Waals surface area contributed by atoms with Crippen molar-refractivity contribution in [2.45, 2.75) is 37.1 Å². The molecule has 3 heterocycles. The second kappa shape index (κ2) is 8.35. The molecule has 2 aromatic carbocycles. The predicted octanol–water partition coefficient (Wildman–Crippen LogP) is 4.28. The Morgan fingerprint density at radius 1 is 1.13 bits per heavy atom. The summed E-state index contributed by atoms with van der Waals surface area (Å²) in [6.45, 7) is 2.19. The molecule has 0 aliphatic heterocycles. The van der Waals surface area contributed by atoms with Gasteiger partial charge in [-0.05, 0) is 53.1 Å². The molecule has 8 nitrogen and oxygen atoms in total. The first kappa shape index (κ1) is 19.5. The van der Waals surface area contributed by atoms with E-state index < -0.39 is 0 Å². The van der Waals surface area contributed by atoms with Gasteiger partial charge in [0.05, 0.1) is 11.4 Å². The predicted molar refractivity (Wildman–Crippen MR) is 119 cm³/mol. The molecule has 0 bridgehead atoms. The van der Waals surface area contributed by atoms with Gasteiger partial charge in [0.25, 0.3) is 5.56 Å². The third-order valence-electron chi connectivity index (χ3n) is 5.06. The zero-order valence-electron chi connectivity index (χ0n) is 16.9. The summed E-state index contributed by atoms with van der Waals surface area (Å²) in [7, 11) is 0. The molecule has 0 amide bonds. The van der Waals surface area contributed by atoms with Gasteiger partial charge in [0.1, 0.15) is 16.9 Å². The molecule has 0 aliphatic rings. The summed E-state index contributed by atoms with van der Waals surface area (Å²) >= 11 is 1.41. The van der Waals surface area contributed by atoms with Gasteiger partial charge in [-0.1, -0.05) is 49.4 Å². The quantitative estimate of drug-likeness (QED) is 0.383. The highest BCUT2D eigenvalue weighted by Crippen LogP contribution is 2.26. The number of rotatable bonds is 7. The fraction of sp³-hybridized carbons (Fsp3) is 0.227. The number of nitrogens with one attached hydrogen (secondary N) is 1. The third-order valence-corrected chi connectivity index (χ3v) is 5.99. The molecular weight excluding hydrogens is 412 g/mol. The molecule has 31 heavy (non-hydrogen) atoms. The Morgan fingerprint density at radius 3 is 2.81 bits per heavy atom. The van der Waals surface area contributed by atoms with E-state index in [0.717, 1.165) is 17.5 Å². The Labute approximate surface area is 181 Å². The molecule has 0 saturated carbocycles. The van der Waals surface area contributed by atoms with Crippen LogP contribution in [0.4, 0.5) is 0 Å². The lowest BCUT2D eigenvalue weighted by Crippen LogP contribution is -2.10. The van der Waals surface area contributed by atoms with Crippen molar-refractivity contribution in [3.63, 3.8) is 0 Å². The van der Waals surface area contributed by atoms with Gasteiger partial charge in [-0.25, -0.2) is 4.98 Å². The topological polar surface area (TPSA) is 102 Å². The summed E-state index contributed by atoms with van der Waals surface area (Å²) in [5.74, 6) is 0.957. The minimum Gasteiger partial charge on any atom is -0.449 e. The van der Waals surface area contributed by atoms with Crippen LogP contribution in [-0.2, 0) is 12.2 Å². The molecule has 1 N–H and O–H groups in total. The Morgan fingerprint density at radius 2 is 1.97 bits per heavy atom. The van der Waals surface area contributed by atoms with E-state index in [1.807, 2.05) is 36.4 Å². The van der Waals surface area contributed by atoms with E-state index in [1.165, 1.54) is 30.2 Å². The molecule has 3 aromatic heterocycles. The molecule has 0 unspecified atom stereocenters. The number of hydrogen-bond acceptors (Lipinski definition) is 7. The van der Waals surface area contributed by atoms with Crippen LogP contribution in [-0.4, -0.2) is 30.2 Å². The zero-order chi connectivity index (χ0) is 21.2. The molecule has 5 aromatic rings. The number of unbranched alkanes of at least 4 members (excludes halogenated alkanes) is 1. The molecule has 0 radical (unpaired) electrons. The highest BCUT2D eigenvalue weighted by Gasteiger charge is 2.15. The number of furan rings is 1. The number of hydrogen-bond donors (Lipinski definition) is 1. The van der Waals surface area contributed by atoms with Crippen molar-refractivity contribution < 1.29 is 4.42 Å². The fourth-order valence-corrected chi connectivity index (χ4v) is 4.23. The Balaban J connectivity index is 1.39.